The van der Waals surface area contributed by atoms with Crippen LogP contribution < -0.4 is 4.74 Å². The molecule has 2 rings (SSSR count). The zero-order chi connectivity index (χ0) is 14.4. The molecule has 0 atom stereocenters. The van der Waals surface area contributed by atoms with Crippen molar-refractivity contribution in [2.45, 2.75) is 6.61 Å². The largest absolute Gasteiger partial charge is 0.497 e. The normalized spacial score (nSPS) is 10.3. The standard InChI is InChI=1S/C16H15ClO3/c1-19-15-8-2-12(3-9-15)10-20-11-16(18)13-4-6-14(17)7-5-13/h2-9H,10-11H2,1H3. The van der Waals surface area contributed by atoms with Crippen molar-refractivity contribution in [2.75, 3.05) is 13.7 Å². The zero-order valence-electron chi connectivity index (χ0n) is 11.1. The third-order valence-corrected chi connectivity index (χ3v) is 3.08. The van der Waals surface area contributed by atoms with E-state index in [0.717, 1.165) is 11.3 Å². The molecule has 0 aliphatic carbocycles. The van der Waals surface area contributed by atoms with Crippen LogP contribution in [0.4, 0.5) is 0 Å². The van der Waals surface area contributed by atoms with Crippen LogP contribution in [0, 0.1) is 0 Å². The Morgan fingerprint density at radius 1 is 1.05 bits per heavy atom. The van der Waals surface area contributed by atoms with Crippen LogP contribution in [0.2, 0.25) is 5.02 Å². The van der Waals surface area contributed by atoms with Crippen molar-refractivity contribution < 1.29 is 14.3 Å². The van der Waals surface area contributed by atoms with Gasteiger partial charge in [-0.2, -0.15) is 0 Å². The second-order valence-electron chi connectivity index (χ2n) is 4.27. The topological polar surface area (TPSA) is 35.5 Å². The Balaban J connectivity index is 1.82. The molecule has 0 N–H and O–H groups in total. The van der Waals surface area contributed by atoms with E-state index in [2.05, 4.69) is 0 Å². The van der Waals surface area contributed by atoms with E-state index >= 15 is 0 Å². The SMILES string of the molecule is COc1ccc(COCC(=O)c2ccc(Cl)cc2)cc1. The number of halogens is 1. The molecule has 20 heavy (non-hydrogen) atoms. The number of Topliss-reactive ketones (excluding diaryl/α,β-unsaturated/α-hetero) is 1. The van der Waals surface area contributed by atoms with Crippen LogP contribution in [0.5, 0.6) is 5.75 Å². The molecule has 0 aliphatic heterocycles. The van der Waals surface area contributed by atoms with Crippen LogP contribution in [0.3, 0.4) is 0 Å². The monoisotopic (exact) mass is 290 g/mol. The first-order chi connectivity index (χ1) is 9.69. The minimum absolute atomic E-state index is 0.0493. The van der Waals surface area contributed by atoms with Crippen LogP contribution in [-0.2, 0) is 11.3 Å². The minimum Gasteiger partial charge on any atom is -0.497 e. The lowest BCUT2D eigenvalue weighted by molar-refractivity contribution is 0.0726. The Kier molecular flexibility index (Phi) is 5.16. The van der Waals surface area contributed by atoms with Gasteiger partial charge >= 0.3 is 0 Å². The summed E-state index contributed by atoms with van der Waals surface area (Å²) < 4.78 is 10.5. The van der Waals surface area contributed by atoms with E-state index in [1.54, 1.807) is 31.4 Å². The second kappa shape index (κ2) is 7.08. The van der Waals surface area contributed by atoms with E-state index < -0.39 is 0 Å². The molecule has 3 nitrogen and oxygen atoms in total. The van der Waals surface area contributed by atoms with E-state index in [1.165, 1.54) is 0 Å². The summed E-state index contributed by atoms with van der Waals surface area (Å²) in [6.45, 7) is 0.441. The fraction of sp³-hybridized carbons (Fsp3) is 0.188. The molecule has 0 radical (unpaired) electrons. The van der Waals surface area contributed by atoms with Crippen molar-refractivity contribution in [3.63, 3.8) is 0 Å². The molecule has 4 heteroatoms. The Morgan fingerprint density at radius 2 is 1.70 bits per heavy atom. The average molecular weight is 291 g/mol. The molecular weight excluding hydrogens is 276 g/mol. The number of ether oxygens (including phenoxy) is 2. The van der Waals surface area contributed by atoms with Gasteiger partial charge in [0.1, 0.15) is 12.4 Å². The predicted molar refractivity (Wildman–Crippen MR) is 78.4 cm³/mol. The number of hydrogen-bond acceptors (Lipinski definition) is 3. The molecular formula is C16H15ClO3. The van der Waals surface area contributed by atoms with E-state index in [4.69, 9.17) is 21.1 Å². The number of ketones is 1. The van der Waals surface area contributed by atoms with Crippen molar-refractivity contribution in [1.82, 2.24) is 0 Å². The highest BCUT2D eigenvalue weighted by Crippen LogP contribution is 2.13. The molecule has 2 aromatic carbocycles. The maximum Gasteiger partial charge on any atom is 0.188 e. The molecule has 104 valence electrons. The second-order valence-corrected chi connectivity index (χ2v) is 4.71. The van der Waals surface area contributed by atoms with Gasteiger partial charge in [0.05, 0.1) is 13.7 Å². The summed E-state index contributed by atoms with van der Waals surface area (Å²) >= 11 is 5.77. The Labute approximate surface area is 123 Å². The Bertz CT molecular complexity index is 561. The first-order valence-electron chi connectivity index (χ1n) is 6.18. The molecule has 0 spiro atoms. The molecule has 0 unspecified atom stereocenters. The fourth-order valence-corrected chi connectivity index (χ4v) is 1.83. The summed E-state index contributed by atoms with van der Waals surface area (Å²) in [5.74, 6) is 0.737. The number of benzene rings is 2. The van der Waals surface area contributed by atoms with Crippen molar-refractivity contribution >= 4 is 17.4 Å². The molecule has 0 heterocycles. The number of carbonyl (C=O) groups is 1. The van der Waals surface area contributed by atoms with Crippen molar-refractivity contribution in [3.05, 3.63) is 64.7 Å². The third-order valence-electron chi connectivity index (χ3n) is 2.83. The minimum atomic E-state index is -0.0600. The van der Waals surface area contributed by atoms with Gasteiger partial charge in [0.2, 0.25) is 0 Å². The summed E-state index contributed by atoms with van der Waals surface area (Å²) in [7, 11) is 1.62. The lowest BCUT2D eigenvalue weighted by atomic mass is 10.1. The van der Waals surface area contributed by atoms with Gasteiger partial charge in [-0.05, 0) is 42.0 Å². The Hall–Kier alpha value is -1.84. The van der Waals surface area contributed by atoms with E-state index in [1.807, 2.05) is 24.3 Å². The lowest BCUT2D eigenvalue weighted by Gasteiger charge is -2.05. The summed E-state index contributed by atoms with van der Waals surface area (Å²) in [5, 5.41) is 0.612. The van der Waals surface area contributed by atoms with Crippen molar-refractivity contribution in [3.8, 4) is 5.75 Å². The van der Waals surface area contributed by atoms with Gasteiger partial charge in [0.25, 0.3) is 0 Å². The molecule has 0 fully saturated rings. The van der Waals surface area contributed by atoms with Gasteiger partial charge in [-0.25, -0.2) is 0 Å². The lowest BCUT2D eigenvalue weighted by Crippen LogP contribution is -2.08. The molecule has 0 bridgehead atoms. The van der Waals surface area contributed by atoms with Crippen molar-refractivity contribution in [1.29, 1.82) is 0 Å². The van der Waals surface area contributed by atoms with Crippen LogP contribution in [-0.4, -0.2) is 19.5 Å². The van der Waals surface area contributed by atoms with Gasteiger partial charge in [-0.1, -0.05) is 23.7 Å². The molecule has 2 aromatic rings. The number of hydrogen-bond donors (Lipinski definition) is 0. The van der Waals surface area contributed by atoms with Gasteiger partial charge in [0.15, 0.2) is 5.78 Å². The maximum atomic E-state index is 11.9. The van der Waals surface area contributed by atoms with Crippen LogP contribution in [0.15, 0.2) is 48.5 Å². The van der Waals surface area contributed by atoms with E-state index in [-0.39, 0.29) is 12.4 Å². The fourth-order valence-electron chi connectivity index (χ4n) is 1.70. The predicted octanol–water partition coefficient (Wildman–Crippen LogP) is 3.75. The number of methoxy groups -OCH3 is 1. The van der Waals surface area contributed by atoms with Crippen LogP contribution >= 0.6 is 11.6 Å². The summed E-state index contributed by atoms with van der Waals surface area (Å²) in [6.07, 6.45) is 0. The van der Waals surface area contributed by atoms with Crippen LogP contribution in [0.1, 0.15) is 15.9 Å². The summed E-state index contributed by atoms with van der Waals surface area (Å²) in [6, 6.07) is 14.3. The van der Waals surface area contributed by atoms with Gasteiger partial charge in [0, 0.05) is 10.6 Å². The number of carbonyl (C=O) groups excluding carboxylic acids is 1. The first kappa shape index (κ1) is 14.6. The van der Waals surface area contributed by atoms with Gasteiger partial charge in [-0.3, -0.25) is 4.79 Å². The highest BCUT2D eigenvalue weighted by atomic mass is 35.5. The first-order valence-corrected chi connectivity index (χ1v) is 6.56. The average Bonchev–Trinajstić information content (AvgIpc) is 2.48. The third kappa shape index (κ3) is 4.08. The van der Waals surface area contributed by atoms with Crippen molar-refractivity contribution in [2.24, 2.45) is 0 Å². The van der Waals surface area contributed by atoms with E-state index in [9.17, 15) is 4.79 Å². The highest BCUT2D eigenvalue weighted by molar-refractivity contribution is 6.30. The summed E-state index contributed by atoms with van der Waals surface area (Å²) in [5.41, 5.74) is 1.60. The molecule has 0 aliphatic rings. The van der Waals surface area contributed by atoms with Crippen LogP contribution in [0.25, 0.3) is 0 Å². The highest BCUT2D eigenvalue weighted by Gasteiger charge is 2.05. The molecule has 0 saturated carbocycles. The maximum absolute atomic E-state index is 11.9. The van der Waals surface area contributed by atoms with Gasteiger partial charge < -0.3 is 9.47 Å². The number of rotatable bonds is 6. The molecule has 0 saturated heterocycles. The Morgan fingerprint density at radius 3 is 2.30 bits per heavy atom. The quantitative estimate of drug-likeness (QED) is 0.760. The van der Waals surface area contributed by atoms with E-state index in [0.29, 0.717) is 17.2 Å². The summed E-state index contributed by atoms with van der Waals surface area (Å²) in [4.78, 5) is 11.9. The zero-order valence-corrected chi connectivity index (χ0v) is 11.9. The van der Waals surface area contributed by atoms with Gasteiger partial charge in [-0.15, -0.1) is 0 Å². The molecule has 0 amide bonds. The smallest absolute Gasteiger partial charge is 0.188 e. The molecule has 0 aromatic heterocycles.